The van der Waals surface area contributed by atoms with Crippen LogP contribution < -0.4 is 11.4 Å². The molecule has 1 heterocycles. The van der Waals surface area contributed by atoms with Gasteiger partial charge in [0.15, 0.2) is 5.16 Å². The zero-order chi connectivity index (χ0) is 10.7. The molecule has 0 aliphatic heterocycles. The maximum atomic E-state index is 11.5. The minimum atomic E-state index is -0.479. The van der Waals surface area contributed by atoms with Crippen LogP contribution in [0.2, 0.25) is 0 Å². The van der Waals surface area contributed by atoms with E-state index >= 15 is 0 Å². The van der Waals surface area contributed by atoms with Gasteiger partial charge in [-0.25, -0.2) is 14.2 Å². The van der Waals surface area contributed by atoms with E-state index in [1.54, 1.807) is 6.26 Å². The normalized spacial score (nSPS) is 12.8. The van der Waals surface area contributed by atoms with Gasteiger partial charge in [-0.15, -0.1) is 0 Å². The number of hydrogen-bond acceptors (Lipinski definition) is 4. The molecule has 1 rings (SSSR count). The van der Waals surface area contributed by atoms with E-state index in [2.05, 4.69) is 9.97 Å². The van der Waals surface area contributed by atoms with Gasteiger partial charge in [0.05, 0.1) is 0 Å². The molecule has 0 radical (unpaired) electrons. The first-order valence-corrected chi connectivity index (χ1v) is 5.59. The summed E-state index contributed by atoms with van der Waals surface area (Å²) in [6.45, 7) is 3.73. The van der Waals surface area contributed by atoms with Gasteiger partial charge in [0.25, 0.3) is 0 Å². The number of nitrogens with zero attached hydrogens (tertiary/aromatic N) is 2. The number of thioether (sulfide) groups is 1. The van der Waals surface area contributed by atoms with Crippen molar-refractivity contribution < 1.29 is 0 Å². The molecule has 0 aliphatic carbocycles. The number of aromatic amines is 1. The van der Waals surface area contributed by atoms with Crippen LogP contribution in [0.3, 0.4) is 0 Å². The Bertz CT molecular complexity index is 392. The molecule has 1 atom stereocenters. The van der Waals surface area contributed by atoms with Crippen molar-refractivity contribution >= 4 is 11.8 Å². The van der Waals surface area contributed by atoms with Crippen LogP contribution in [0.1, 0.15) is 26.3 Å². The highest BCUT2D eigenvalue weighted by molar-refractivity contribution is 7.98. The second-order valence-electron chi connectivity index (χ2n) is 2.96. The van der Waals surface area contributed by atoms with Crippen LogP contribution in [-0.4, -0.2) is 20.8 Å². The number of nitrogens with one attached hydrogen (secondary N) is 1. The summed E-state index contributed by atoms with van der Waals surface area (Å²) >= 11 is 1.25. The van der Waals surface area contributed by atoms with Crippen molar-refractivity contribution in [3.05, 3.63) is 21.0 Å². The van der Waals surface area contributed by atoms with Gasteiger partial charge in [0.2, 0.25) is 0 Å². The van der Waals surface area contributed by atoms with Crippen molar-refractivity contribution in [2.24, 2.45) is 0 Å². The SMILES string of the molecule is CCC(C)n1c(=O)nc(SC)[nH]c1=O. The molecule has 78 valence electrons. The first kappa shape index (κ1) is 11.0. The van der Waals surface area contributed by atoms with Gasteiger partial charge in [-0.2, -0.15) is 4.98 Å². The van der Waals surface area contributed by atoms with E-state index in [0.717, 1.165) is 11.0 Å². The highest BCUT2D eigenvalue weighted by atomic mass is 32.2. The Morgan fingerprint density at radius 3 is 2.64 bits per heavy atom. The minimum Gasteiger partial charge on any atom is -0.286 e. The molecule has 1 N–H and O–H groups in total. The number of H-pyrrole nitrogens is 1. The molecule has 1 aromatic rings. The predicted molar refractivity (Wildman–Crippen MR) is 55.9 cm³/mol. The first-order valence-electron chi connectivity index (χ1n) is 4.37. The lowest BCUT2D eigenvalue weighted by molar-refractivity contribution is 0.467. The summed E-state index contributed by atoms with van der Waals surface area (Å²) in [5.74, 6) is 0. The molecule has 0 aromatic carbocycles. The topological polar surface area (TPSA) is 67.8 Å². The van der Waals surface area contributed by atoms with Crippen molar-refractivity contribution in [1.29, 1.82) is 0 Å². The summed E-state index contributed by atoms with van der Waals surface area (Å²) in [5.41, 5.74) is -0.865. The van der Waals surface area contributed by atoms with Gasteiger partial charge in [0.1, 0.15) is 0 Å². The van der Waals surface area contributed by atoms with E-state index in [-0.39, 0.29) is 11.7 Å². The summed E-state index contributed by atoms with van der Waals surface area (Å²) in [5, 5.41) is 0.361. The zero-order valence-corrected chi connectivity index (χ0v) is 9.22. The van der Waals surface area contributed by atoms with Crippen LogP contribution in [-0.2, 0) is 0 Å². The fraction of sp³-hybridized carbons (Fsp3) is 0.625. The lowest BCUT2D eigenvalue weighted by Gasteiger charge is -2.10. The van der Waals surface area contributed by atoms with Crippen LogP contribution in [0.15, 0.2) is 14.7 Å². The Kier molecular flexibility index (Phi) is 3.51. The molecule has 14 heavy (non-hydrogen) atoms. The van der Waals surface area contributed by atoms with Gasteiger partial charge in [0, 0.05) is 6.04 Å². The molecular weight excluding hydrogens is 202 g/mol. The molecule has 5 nitrogen and oxygen atoms in total. The Morgan fingerprint density at radius 2 is 2.21 bits per heavy atom. The number of hydrogen-bond donors (Lipinski definition) is 1. The van der Waals surface area contributed by atoms with Crippen LogP contribution >= 0.6 is 11.8 Å². The standard InChI is InChI=1S/C8H13N3O2S/c1-4-5(2)11-7(12)9-6(14-3)10-8(11)13/h5H,4H2,1-3H3,(H,9,10,12,13). The maximum absolute atomic E-state index is 11.5. The summed E-state index contributed by atoms with van der Waals surface area (Å²) < 4.78 is 1.14. The summed E-state index contributed by atoms with van der Waals surface area (Å²) in [7, 11) is 0. The fourth-order valence-electron chi connectivity index (χ4n) is 1.08. The first-order chi connectivity index (χ1) is 6.60. The molecule has 0 fully saturated rings. The molecule has 0 saturated heterocycles. The fourth-order valence-corrected chi connectivity index (χ4v) is 1.43. The molecule has 6 heteroatoms. The molecule has 0 bridgehead atoms. The average molecular weight is 215 g/mol. The largest absolute Gasteiger partial charge is 0.354 e. The van der Waals surface area contributed by atoms with Gasteiger partial charge >= 0.3 is 11.4 Å². The minimum absolute atomic E-state index is 0.116. The molecule has 0 aliphatic rings. The number of aromatic nitrogens is 3. The van der Waals surface area contributed by atoms with Gasteiger partial charge < -0.3 is 0 Å². The van der Waals surface area contributed by atoms with E-state index in [1.807, 2.05) is 13.8 Å². The molecule has 1 unspecified atom stereocenters. The van der Waals surface area contributed by atoms with Crippen LogP contribution in [0, 0.1) is 0 Å². The third kappa shape index (κ3) is 2.06. The van der Waals surface area contributed by atoms with E-state index in [4.69, 9.17) is 0 Å². The average Bonchev–Trinajstić information content (AvgIpc) is 2.16. The van der Waals surface area contributed by atoms with Crippen molar-refractivity contribution in [3.8, 4) is 0 Å². The lowest BCUT2D eigenvalue weighted by Crippen LogP contribution is -2.39. The third-order valence-corrected chi connectivity index (χ3v) is 2.64. The Morgan fingerprint density at radius 1 is 1.57 bits per heavy atom. The second-order valence-corrected chi connectivity index (χ2v) is 3.76. The van der Waals surface area contributed by atoms with Crippen LogP contribution in [0.5, 0.6) is 0 Å². The zero-order valence-electron chi connectivity index (χ0n) is 8.40. The lowest BCUT2D eigenvalue weighted by atomic mass is 10.3. The summed E-state index contributed by atoms with van der Waals surface area (Å²) in [6, 6.07) is -0.116. The van der Waals surface area contributed by atoms with Crippen molar-refractivity contribution in [2.75, 3.05) is 6.26 Å². The molecule has 0 amide bonds. The van der Waals surface area contributed by atoms with Gasteiger partial charge in [-0.3, -0.25) is 4.98 Å². The molecule has 0 saturated carbocycles. The van der Waals surface area contributed by atoms with Gasteiger partial charge in [-0.1, -0.05) is 18.7 Å². The van der Waals surface area contributed by atoms with Crippen molar-refractivity contribution in [1.82, 2.24) is 14.5 Å². The van der Waals surface area contributed by atoms with Crippen molar-refractivity contribution in [3.63, 3.8) is 0 Å². The summed E-state index contributed by atoms with van der Waals surface area (Å²) in [4.78, 5) is 29.2. The van der Waals surface area contributed by atoms with Gasteiger partial charge in [-0.05, 0) is 19.6 Å². The number of rotatable bonds is 3. The van der Waals surface area contributed by atoms with Crippen molar-refractivity contribution in [2.45, 2.75) is 31.5 Å². The molecular formula is C8H13N3O2S. The Hall–Kier alpha value is -1.04. The molecule has 0 spiro atoms. The van der Waals surface area contributed by atoms with E-state index in [9.17, 15) is 9.59 Å². The van der Waals surface area contributed by atoms with E-state index in [0.29, 0.717) is 5.16 Å². The summed E-state index contributed by atoms with van der Waals surface area (Å²) in [6.07, 6.45) is 2.48. The Labute approximate surface area is 85.6 Å². The van der Waals surface area contributed by atoms with Crippen LogP contribution in [0.25, 0.3) is 0 Å². The predicted octanol–water partition coefficient (Wildman–Crippen LogP) is 0.625. The van der Waals surface area contributed by atoms with E-state index in [1.165, 1.54) is 11.8 Å². The quantitative estimate of drug-likeness (QED) is 0.751. The van der Waals surface area contributed by atoms with Crippen LogP contribution in [0.4, 0.5) is 0 Å². The second kappa shape index (κ2) is 4.45. The highest BCUT2D eigenvalue weighted by Crippen LogP contribution is 2.05. The molecule has 1 aromatic heterocycles. The maximum Gasteiger partial charge on any atom is 0.354 e. The smallest absolute Gasteiger partial charge is 0.286 e. The van der Waals surface area contributed by atoms with E-state index < -0.39 is 5.69 Å². The Balaban J connectivity index is 3.33. The highest BCUT2D eigenvalue weighted by Gasteiger charge is 2.10. The third-order valence-electron chi connectivity index (χ3n) is 2.06. The monoisotopic (exact) mass is 215 g/mol.